The normalized spacial score (nSPS) is 10.9. The number of rotatable bonds is 2. The van der Waals surface area contributed by atoms with Crippen LogP contribution in [0.5, 0.6) is 0 Å². The molecule has 0 spiro atoms. The summed E-state index contributed by atoms with van der Waals surface area (Å²) < 4.78 is 6.76. The zero-order chi connectivity index (χ0) is 11.8. The van der Waals surface area contributed by atoms with Gasteiger partial charge in [0.1, 0.15) is 17.7 Å². The van der Waals surface area contributed by atoms with Crippen LogP contribution in [0.1, 0.15) is 10.5 Å². The lowest BCUT2D eigenvalue weighted by Crippen LogP contribution is -1.89. The molecule has 0 radical (unpaired) electrons. The summed E-state index contributed by atoms with van der Waals surface area (Å²) in [6.07, 6.45) is 3.91. The number of benzene rings is 1. The standard InChI is InChI=1S/C12H7ClN2O2/c13-9-3-1-8(2-4-9)11-10(7-16)15-5-6-17-12(15)14-11/h1-7H. The third-order valence-electron chi connectivity index (χ3n) is 2.53. The highest BCUT2D eigenvalue weighted by Crippen LogP contribution is 2.24. The van der Waals surface area contributed by atoms with Gasteiger partial charge in [-0.2, -0.15) is 4.98 Å². The van der Waals surface area contributed by atoms with Crippen LogP contribution in [-0.2, 0) is 0 Å². The molecule has 0 amide bonds. The molecule has 84 valence electrons. The Morgan fingerprint density at radius 3 is 2.76 bits per heavy atom. The molecule has 2 heterocycles. The number of fused-ring (bicyclic) bond motifs is 1. The Hall–Kier alpha value is -2.07. The van der Waals surface area contributed by atoms with Crippen LogP contribution in [0.2, 0.25) is 5.02 Å². The highest BCUT2D eigenvalue weighted by atomic mass is 35.5. The molecular formula is C12H7ClN2O2. The Bertz CT molecular complexity index is 682. The minimum absolute atomic E-state index is 0.400. The van der Waals surface area contributed by atoms with Crippen molar-refractivity contribution in [3.8, 4) is 11.3 Å². The molecule has 4 nitrogen and oxygen atoms in total. The average Bonchev–Trinajstić information content (AvgIpc) is 2.89. The first-order chi connectivity index (χ1) is 8.29. The molecule has 0 atom stereocenters. The molecule has 3 aromatic rings. The van der Waals surface area contributed by atoms with E-state index in [0.29, 0.717) is 22.3 Å². The fourth-order valence-electron chi connectivity index (χ4n) is 1.74. The van der Waals surface area contributed by atoms with Crippen molar-refractivity contribution in [3.63, 3.8) is 0 Å². The van der Waals surface area contributed by atoms with Gasteiger partial charge in [-0.25, -0.2) is 0 Å². The number of carbonyl (C=O) groups is 1. The first-order valence-electron chi connectivity index (χ1n) is 4.96. The Morgan fingerprint density at radius 1 is 1.29 bits per heavy atom. The van der Waals surface area contributed by atoms with Gasteiger partial charge in [0.05, 0.1) is 0 Å². The summed E-state index contributed by atoms with van der Waals surface area (Å²) in [6, 6.07) is 7.15. The van der Waals surface area contributed by atoms with Crippen LogP contribution < -0.4 is 0 Å². The fourth-order valence-corrected chi connectivity index (χ4v) is 1.86. The number of oxazole rings is 1. The molecule has 0 aliphatic heterocycles. The van der Waals surface area contributed by atoms with Crippen molar-refractivity contribution in [2.75, 3.05) is 0 Å². The topological polar surface area (TPSA) is 47.5 Å². The molecule has 2 aromatic heterocycles. The lowest BCUT2D eigenvalue weighted by Gasteiger charge is -1.98. The minimum Gasteiger partial charge on any atom is -0.432 e. The minimum atomic E-state index is 0.400. The zero-order valence-corrected chi connectivity index (χ0v) is 9.39. The molecule has 0 N–H and O–H groups in total. The maximum absolute atomic E-state index is 11.1. The summed E-state index contributed by atoms with van der Waals surface area (Å²) in [5.41, 5.74) is 1.89. The molecule has 0 fully saturated rings. The highest BCUT2D eigenvalue weighted by molar-refractivity contribution is 6.30. The lowest BCUT2D eigenvalue weighted by atomic mass is 10.1. The number of nitrogens with zero attached hydrogens (tertiary/aromatic N) is 2. The van der Waals surface area contributed by atoms with Crippen LogP contribution in [0.15, 0.2) is 41.1 Å². The summed E-state index contributed by atoms with van der Waals surface area (Å²) in [6.45, 7) is 0. The molecule has 0 bridgehead atoms. The molecule has 17 heavy (non-hydrogen) atoms. The van der Waals surface area contributed by atoms with Crippen LogP contribution >= 0.6 is 11.6 Å². The molecule has 0 unspecified atom stereocenters. The van der Waals surface area contributed by atoms with Crippen molar-refractivity contribution in [3.05, 3.63) is 47.4 Å². The van der Waals surface area contributed by atoms with Gasteiger partial charge in [-0.05, 0) is 12.1 Å². The number of imidazole rings is 1. The van der Waals surface area contributed by atoms with E-state index in [-0.39, 0.29) is 0 Å². The first-order valence-corrected chi connectivity index (χ1v) is 5.34. The molecular weight excluding hydrogens is 240 g/mol. The molecule has 3 rings (SSSR count). The summed E-state index contributed by atoms with van der Waals surface area (Å²) in [5, 5.41) is 0.643. The molecule has 0 saturated heterocycles. The average molecular weight is 247 g/mol. The van der Waals surface area contributed by atoms with Crippen LogP contribution in [0.25, 0.3) is 17.1 Å². The zero-order valence-electron chi connectivity index (χ0n) is 8.63. The van der Waals surface area contributed by atoms with E-state index in [1.807, 2.05) is 12.1 Å². The van der Waals surface area contributed by atoms with E-state index in [0.717, 1.165) is 11.8 Å². The van der Waals surface area contributed by atoms with Gasteiger partial charge in [0.15, 0.2) is 6.29 Å². The Morgan fingerprint density at radius 2 is 2.06 bits per heavy atom. The second-order valence-corrected chi connectivity index (χ2v) is 3.96. The van der Waals surface area contributed by atoms with Crippen LogP contribution in [0.4, 0.5) is 0 Å². The molecule has 1 aromatic carbocycles. The van der Waals surface area contributed by atoms with Crippen molar-refractivity contribution in [2.45, 2.75) is 0 Å². The van der Waals surface area contributed by atoms with E-state index in [2.05, 4.69) is 4.98 Å². The van der Waals surface area contributed by atoms with Gasteiger partial charge in [0, 0.05) is 16.8 Å². The van der Waals surface area contributed by atoms with Gasteiger partial charge in [-0.3, -0.25) is 9.20 Å². The van der Waals surface area contributed by atoms with Crippen LogP contribution in [-0.4, -0.2) is 15.7 Å². The third kappa shape index (κ3) is 1.54. The highest BCUT2D eigenvalue weighted by Gasteiger charge is 2.14. The van der Waals surface area contributed by atoms with Crippen molar-refractivity contribution in [1.29, 1.82) is 0 Å². The fraction of sp³-hybridized carbons (Fsp3) is 0. The Balaban J connectivity index is 2.25. The molecule has 5 heteroatoms. The monoisotopic (exact) mass is 246 g/mol. The van der Waals surface area contributed by atoms with Gasteiger partial charge in [-0.1, -0.05) is 23.7 Å². The Labute approximate surface area is 101 Å². The maximum atomic E-state index is 11.1. The molecule has 0 aliphatic carbocycles. The number of hydrogen-bond acceptors (Lipinski definition) is 3. The number of aromatic nitrogens is 2. The maximum Gasteiger partial charge on any atom is 0.306 e. The quantitative estimate of drug-likeness (QED) is 0.653. The number of aldehydes is 1. The van der Waals surface area contributed by atoms with E-state index in [4.69, 9.17) is 16.0 Å². The summed E-state index contributed by atoms with van der Waals surface area (Å²) in [4.78, 5) is 15.4. The number of halogens is 1. The third-order valence-corrected chi connectivity index (χ3v) is 2.78. The predicted octanol–water partition coefficient (Wildman–Crippen LogP) is 3.06. The van der Waals surface area contributed by atoms with Crippen LogP contribution in [0, 0.1) is 0 Å². The summed E-state index contributed by atoms with van der Waals surface area (Å²) in [7, 11) is 0. The van der Waals surface area contributed by atoms with E-state index in [9.17, 15) is 4.79 Å². The van der Waals surface area contributed by atoms with Gasteiger partial charge < -0.3 is 4.42 Å². The van der Waals surface area contributed by atoms with Gasteiger partial charge in [-0.15, -0.1) is 0 Å². The van der Waals surface area contributed by atoms with E-state index in [1.165, 1.54) is 6.26 Å². The van der Waals surface area contributed by atoms with Gasteiger partial charge in [0.25, 0.3) is 0 Å². The smallest absolute Gasteiger partial charge is 0.306 e. The molecule has 0 aliphatic rings. The number of carbonyl (C=O) groups excluding carboxylic acids is 1. The van der Waals surface area contributed by atoms with Crippen LogP contribution in [0.3, 0.4) is 0 Å². The van der Waals surface area contributed by atoms with Crippen molar-refractivity contribution < 1.29 is 9.21 Å². The summed E-state index contributed by atoms with van der Waals surface area (Å²) in [5.74, 6) is 0.400. The summed E-state index contributed by atoms with van der Waals surface area (Å²) >= 11 is 5.82. The first kappa shape index (κ1) is 10.1. The second-order valence-electron chi connectivity index (χ2n) is 3.53. The van der Waals surface area contributed by atoms with Gasteiger partial charge in [0.2, 0.25) is 0 Å². The SMILES string of the molecule is O=Cc1c(-c2ccc(Cl)cc2)nc2occn12. The predicted molar refractivity (Wildman–Crippen MR) is 63.3 cm³/mol. The van der Waals surface area contributed by atoms with Crippen molar-refractivity contribution in [2.24, 2.45) is 0 Å². The van der Waals surface area contributed by atoms with E-state index >= 15 is 0 Å². The lowest BCUT2D eigenvalue weighted by molar-refractivity contribution is 0.111. The largest absolute Gasteiger partial charge is 0.432 e. The van der Waals surface area contributed by atoms with Gasteiger partial charge >= 0.3 is 5.84 Å². The molecule has 0 saturated carbocycles. The van der Waals surface area contributed by atoms with E-state index < -0.39 is 0 Å². The second kappa shape index (κ2) is 3.75. The van der Waals surface area contributed by atoms with Crippen molar-refractivity contribution >= 4 is 23.7 Å². The van der Waals surface area contributed by atoms with Crippen molar-refractivity contribution in [1.82, 2.24) is 9.38 Å². The number of hydrogen-bond donors (Lipinski definition) is 0. The Kier molecular flexibility index (Phi) is 2.23. The van der Waals surface area contributed by atoms with E-state index in [1.54, 1.807) is 22.7 Å².